The minimum atomic E-state index is -1.77. The van der Waals surface area contributed by atoms with Crippen molar-refractivity contribution in [1.82, 2.24) is 14.4 Å². The van der Waals surface area contributed by atoms with Crippen LogP contribution < -0.4 is 5.32 Å². The molecule has 2 amide bonds. The predicted octanol–water partition coefficient (Wildman–Crippen LogP) is 5.31. The van der Waals surface area contributed by atoms with Gasteiger partial charge in [-0.15, -0.1) is 0 Å². The number of fused-ring (bicyclic) bond motifs is 1. The lowest BCUT2D eigenvalue weighted by atomic mass is 9.87. The van der Waals surface area contributed by atoms with E-state index in [1.807, 2.05) is 40.8 Å². The third kappa shape index (κ3) is 6.54. The van der Waals surface area contributed by atoms with Gasteiger partial charge < -0.3 is 19.4 Å². The molecule has 5 rings (SSSR count). The van der Waals surface area contributed by atoms with Crippen LogP contribution in [0.25, 0.3) is 10.9 Å². The number of likely N-dealkylation sites (N-methyl/N-ethyl adjacent to an activating group) is 1. The van der Waals surface area contributed by atoms with Crippen molar-refractivity contribution in [3.05, 3.63) is 64.6 Å². The van der Waals surface area contributed by atoms with Crippen molar-refractivity contribution in [3.8, 4) is 0 Å². The Balaban J connectivity index is 1.40. The summed E-state index contributed by atoms with van der Waals surface area (Å²) >= 11 is 6.56. The van der Waals surface area contributed by atoms with Crippen LogP contribution in [0, 0.1) is 11.7 Å². The van der Waals surface area contributed by atoms with Gasteiger partial charge in [0.2, 0.25) is 11.7 Å². The van der Waals surface area contributed by atoms with Crippen molar-refractivity contribution in [1.29, 1.82) is 0 Å². The zero-order valence-corrected chi connectivity index (χ0v) is 27.4. The van der Waals surface area contributed by atoms with Crippen LogP contribution in [0.5, 0.6) is 0 Å². The molecule has 246 valence electrons. The fraction of sp³-hybridized carbons (Fsp3) is 0.471. The van der Waals surface area contributed by atoms with Gasteiger partial charge in [-0.3, -0.25) is 29.0 Å². The molecule has 0 bridgehead atoms. The van der Waals surface area contributed by atoms with Crippen LogP contribution in [-0.2, 0) is 37.3 Å². The number of para-hydroxylation sites is 1. The number of hydrogen-bond acceptors (Lipinski definition) is 7. The van der Waals surface area contributed by atoms with E-state index in [0.717, 1.165) is 29.8 Å². The van der Waals surface area contributed by atoms with E-state index in [1.54, 1.807) is 6.20 Å². The summed E-state index contributed by atoms with van der Waals surface area (Å²) in [6.07, 6.45) is 4.56. The van der Waals surface area contributed by atoms with Gasteiger partial charge in [-0.25, -0.2) is 4.39 Å². The maximum Gasteiger partial charge on any atom is 0.308 e. The molecule has 46 heavy (non-hydrogen) atoms. The number of methoxy groups -OCH3 is 1. The highest BCUT2D eigenvalue weighted by atomic mass is 35.5. The normalized spacial score (nSPS) is 19.9. The van der Waals surface area contributed by atoms with Gasteiger partial charge >= 0.3 is 5.97 Å². The number of rotatable bonds is 10. The van der Waals surface area contributed by atoms with E-state index in [0.29, 0.717) is 44.3 Å². The number of ether oxygens (including phenoxy) is 2. The summed E-state index contributed by atoms with van der Waals surface area (Å²) in [4.78, 5) is 55.7. The fourth-order valence-electron chi connectivity index (χ4n) is 6.66. The maximum absolute atomic E-state index is 15.7. The number of amides is 2. The number of nitrogens with one attached hydrogen (secondary N) is 1. The summed E-state index contributed by atoms with van der Waals surface area (Å²) in [5, 5.41) is 3.51. The Morgan fingerprint density at radius 1 is 1.09 bits per heavy atom. The van der Waals surface area contributed by atoms with E-state index in [9.17, 15) is 19.2 Å². The van der Waals surface area contributed by atoms with Crippen LogP contribution >= 0.6 is 11.6 Å². The van der Waals surface area contributed by atoms with E-state index in [4.69, 9.17) is 21.1 Å². The quantitative estimate of drug-likeness (QED) is 0.233. The number of benzene rings is 2. The molecule has 1 aromatic heterocycles. The Kier molecular flexibility index (Phi) is 10.1. The van der Waals surface area contributed by atoms with Gasteiger partial charge in [0, 0.05) is 57.6 Å². The summed E-state index contributed by atoms with van der Waals surface area (Å²) in [6.45, 7) is 2.40. The molecular weight excluding hydrogens is 615 g/mol. The van der Waals surface area contributed by atoms with E-state index in [-0.39, 0.29) is 34.1 Å². The molecular formula is C34H40ClFN4O6. The number of anilines is 1. The van der Waals surface area contributed by atoms with Crippen molar-refractivity contribution < 1.29 is 33.0 Å². The van der Waals surface area contributed by atoms with Crippen molar-refractivity contribution >= 4 is 51.8 Å². The predicted molar refractivity (Wildman–Crippen MR) is 172 cm³/mol. The molecule has 2 aliphatic rings. The summed E-state index contributed by atoms with van der Waals surface area (Å²) in [7, 11) is 4.72. The lowest BCUT2D eigenvalue weighted by Crippen LogP contribution is -2.68. The third-order valence-corrected chi connectivity index (χ3v) is 9.55. The SMILES string of the molecule is COC(=O)C1CCC(OC(C(=O)Cc2cc(Cl)c(NC(=O)c3cn(C)c4ccccc34)cc2F)(N2CCCC2)N(C)C(C)=O)CC1. The largest absolute Gasteiger partial charge is 0.469 e. The summed E-state index contributed by atoms with van der Waals surface area (Å²) in [6, 6.07) is 9.88. The van der Waals surface area contributed by atoms with Crippen LogP contribution in [0.4, 0.5) is 10.1 Å². The minimum Gasteiger partial charge on any atom is -0.469 e. The third-order valence-electron chi connectivity index (χ3n) is 9.24. The topological polar surface area (TPSA) is 110 Å². The molecule has 1 unspecified atom stereocenters. The van der Waals surface area contributed by atoms with E-state index in [1.165, 1.54) is 32.0 Å². The van der Waals surface area contributed by atoms with E-state index >= 15 is 4.39 Å². The number of aromatic nitrogens is 1. The van der Waals surface area contributed by atoms with Crippen molar-refractivity contribution in [3.63, 3.8) is 0 Å². The number of likely N-dealkylation sites (tertiary alicyclic amines) is 1. The maximum atomic E-state index is 15.7. The number of halogens is 2. The van der Waals surface area contributed by atoms with Gasteiger partial charge in [-0.1, -0.05) is 29.8 Å². The first kappa shape index (κ1) is 33.6. The number of carbonyl (C=O) groups is 4. The standard InChI is InChI=1S/C34H40ClFN4O6/c1-21(41)39(3)34(40-15-7-8-16-40,46-24-13-11-22(12-14-24)33(44)45-4)31(42)18-23-17-27(35)29(19-28(23)36)37-32(43)26-20-38(2)30-10-6-5-9-25(26)30/h5-6,9-10,17,19-20,22,24H,7-8,11-16,18H2,1-4H3,(H,37,43). The Bertz CT molecular complexity index is 1650. The minimum absolute atomic E-state index is 0.0108. The zero-order valence-electron chi connectivity index (χ0n) is 26.6. The summed E-state index contributed by atoms with van der Waals surface area (Å²) in [5.74, 6) is -4.36. The number of nitrogens with zero attached hydrogens (tertiary/aromatic N) is 3. The molecule has 1 aliphatic heterocycles. The molecule has 3 aromatic rings. The van der Waals surface area contributed by atoms with Crippen LogP contribution in [0.3, 0.4) is 0 Å². The van der Waals surface area contributed by atoms with Gasteiger partial charge in [0.1, 0.15) is 5.82 Å². The molecule has 2 heterocycles. The van der Waals surface area contributed by atoms with Gasteiger partial charge in [-0.05, 0) is 62.3 Å². The van der Waals surface area contributed by atoms with Crippen LogP contribution in [-0.4, -0.2) is 77.1 Å². The second kappa shape index (κ2) is 13.9. The smallest absolute Gasteiger partial charge is 0.308 e. The average molecular weight is 655 g/mol. The van der Waals surface area contributed by atoms with Crippen molar-refractivity contribution in [2.45, 2.75) is 63.8 Å². The number of hydrogen-bond donors (Lipinski definition) is 1. The summed E-state index contributed by atoms with van der Waals surface area (Å²) in [5.41, 5.74) is 1.36. The van der Waals surface area contributed by atoms with E-state index < -0.39 is 35.9 Å². The number of ketones is 1. The number of carbonyl (C=O) groups excluding carboxylic acids is 4. The van der Waals surface area contributed by atoms with Crippen LogP contribution in [0.2, 0.25) is 5.02 Å². The average Bonchev–Trinajstić information content (AvgIpc) is 3.71. The highest BCUT2D eigenvalue weighted by molar-refractivity contribution is 6.34. The second-order valence-corrected chi connectivity index (χ2v) is 12.6. The monoisotopic (exact) mass is 654 g/mol. The van der Waals surface area contributed by atoms with Crippen LogP contribution in [0.1, 0.15) is 61.4 Å². The van der Waals surface area contributed by atoms with Gasteiger partial charge in [0.25, 0.3) is 11.8 Å². The Labute approximate surface area is 272 Å². The molecule has 1 N–H and O–H groups in total. The molecule has 2 fully saturated rings. The molecule has 0 radical (unpaired) electrons. The highest BCUT2D eigenvalue weighted by Crippen LogP contribution is 2.36. The first-order chi connectivity index (χ1) is 22.0. The molecule has 2 aromatic carbocycles. The lowest BCUT2D eigenvalue weighted by molar-refractivity contribution is -0.247. The molecule has 1 aliphatic carbocycles. The first-order valence-corrected chi connectivity index (χ1v) is 16.0. The Morgan fingerprint density at radius 3 is 2.41 bits per heavy atom. The van der Waals surface area contributed by atoms with E-state index in [2.05, 4.69) is 5.32 Å². The zero-order chi connectivity index (χ0) is 33.2. The van der Waals surface area contributed by atoms with Crippen molar-refractivity contribution in [2.24, 2.45) is 13.0 Å². The Hall–Kier alpha value is -3.80. The second-order valence-electron chi connectivity index (χ2n) is 12.1. The highest BCUT2D eigenvalue weighted by Gasteiger charge is 2.52. The van der Waals surface area contributed by atoms with Gasteiger partial charge in [0.15, 0.2) is 0 Å². The molecule has 1 atom stereocenters. The number of aryl methyl sites for hydroxylation is 1. The fourth-order valence-corrected chi connectivity index (χ4v) is 6.90. The molecule has 0 spiro atoms. The van der Waals surface area contributed by atoms with Crippen molar-refractivity contribution in [2.75, 3.05) is 32.6 Å². The lowest BCUT2D eigenvalue weighted by Gasteiger charge is -2.48. The first-order valence-electron chi connectivity index (χ1n) is 15.6. The molecule has 10 nitrogen and oxygen atoms in total. The van der Waals surface area contributed by atoms with Gasteiger partial charge in [-0.2, -0.15) is 0 Å². The number of Topliss-reactive ketones (excluding diaryl/α,β-unsaturated/α-hetero) is 1. The summed E-state index contributed by atoms with van der Waals surface area (Å²) < 4.78 is 29.1. The molecule has 1 saturated carbocycles. The number of esters is 1. The molecule has 1 saturated heterocycles. The molecule has 12 heteroatoms. The van der Waals surface area contributed by atoms with Gasteiger partial charge in [0.05, 0.1) is 35.4 Å². The Morgan fingerprint density at radius 2 is 1.76 bits per heavy atom. The van der Waals surface area contributed by atoms with Crippen LogP contribution in [0.15, 0.2) is 42.6 Å².